The Morgan fingerprint density at radius 1 is 0.739 bits per heavy atom. The van der Waals surface area contributed by atoms with Crippen LogP contribution < -0.4 is 0 Å². The Morgan fingerprint density at radius 3 is 1.78 bits per heavy atom. The lowest BCUT2D eigenvalue weighted by Crippen LogP contribution is -2.08. The molecule has 0 fully saturated rings. The third kappa shape index (κ3) is 15.0. The highest BCUT2D eigenvalue weighted by Gasteiger charge is 2.12. The summed E-state index contributed by atoms with van der Waals surface area (Å²) in [5.41, 5.74) is 1.46. The van der Waals surface area contributed by atoms with Crippen molar-refractivity contribution in [2.24, 2.45) is 17.8 Å². The van der Waals surface area contributed by atoms with Gasteiger partial charge in [-0.15, -0.1) is 0 Å². The molecule has 0 aromatic carbocycles. The van der Waals surface area contributed by atoms with Crippen LogP contribution in [0.1, 0.15) is 118 Å². The van der Waals surface area contributed by atoms with Crippen molar-refractivity contribution in [3.63, 3.8) is 0 Å². The first-order chi connectivity index (χ1) is 11.0. The van der Waals surface area contributed by atoms with Gasteiger partial charge in [-0.3, -0.25) is 0 Å². The molecule has 0 N–H and O–H groups in total. The van der Waals surface area contributed by atoms with Crippen molar-refractivity contribution in [3.05, 3.63) is 12.2 Å². The maximum Gasteiger partial charge on any atom is -0.0300 e. The minimum Gasteiger partial charge on any atom is -0.0999 e. The molecule has 1 unspecified atom stereocenters. The molecule has 0 aromatic rings. The molecule has 0 rings (SSSR count). The quantitative estimate of drug-likeness (QED) is 0.197. The maximum atomic E-state index is 4.21. The number of hydrogen-bond acceptors (Lipinski definition) is 0. The summed E-state index contributed by atoms with van der Waals surface area (Å²) >= 11 is 0. The van der Waals surface area contributed by atoms with E-state index in [0.29, 0.717) is 0 Å². The first-order valence-electron chi connectivity index (χ1n) is 10.6. The fourth-order valence-electron chi connectivity index (χ4n) is 3.64. The Kier molecular flexibility index (Phi) is 15.1. The standard InChI is InChI=1S/C23H46/c1-7-8-9-14-17-23(21(4)5)18-15-12-10-11-13-16-22(6)19-20(2)3/h20-21,23H,6-19H2,1-5H3. The van der Waals surface area contributed by atoms with E-state index in [4.69, 9.17) is 0 Å². The molecule has 0 bridgehead atoms. The summed E-state index contributed by atoms with van der Waals surface area (Å²) < 4.78 is 0. The molecular weight excluding hydrogens is 276 g/mol. The predicted octanol–water partition coefficient (Wildman–Crippen LogP) is 8.56. The minimum absolute atomic E-state index is 0.771. The Labute approximate surface area is 148 Å². The summed E-state index contributed by atoms with van der Waals surface area (Å²) in [7, 11) is 0. The van der Waals surface area contributed by atoms with Crippen LogP contribution in [0, 0.1) is 17.8 Å². The monoisotopic (exact) mass is 322 g/mol. The van der Waals surface area contributed by atoms with E-state index in [1.54, 1.807) is 0 Å². The summed E-state index contributed by atoms with van der Waals surface area (Å²) in [5, 5.41) is 0. The zero-order chi connectivity index (χ0) is 17.5. The van der Waals surface area contributed by atoms with Gasteiger partial charge in [-0.1, -0.05) is 111 Å². The molecule has 1 atom stereocenters. The van der Waals surface area contributed by atoms with Crippen molar-refractivity contribution in [2.45, 2.75) is 118 Å². The van der Waals surface area contributed by atoms with Crippen LogP contribution in [0.3, 0.4) is 0 Å². The molecular formula is C23H46. The molecule has 0 aliphatic rings. The second kappa shape index (κ2) is 15.3. The van der Waals surface area contributed by atoms with Crippen LogP contribution in [0.5, 0.6) is 0 Å². The second-order valence-corrected chi connectivity index (χ2v) is 8.51. The van der Waals surface area contributed by atoms with Crippen molar-refractivity contribution >= 4 is 0 Å². The van der Waals surface area contributed by atoms with Gasteiger partial charge in [0.25, 0.3) is 0 Å². The van der Waals surface area contributed by atoms with E-state index in [9.17, 15) is 0 Å². The lowest BCUT2D eigenvalue weighted by molar-refractivity contribution is 0.313. The van der Waals surface area contributed by atoms with Gasteiger partial charge in [-0.05, 0) is 37.0 Å². The predicted molar refractivity (Wildman–Crippen MR) is 108 cm³/mol. The van der Waals surface area contributed by atoms with Crippen molar-refractivity contribution in [3.8, 4) is 0 Å². The molecule has 0 aromatic heterocycles. The number of hydrogen-bond donors (Lipinski definition) is 0. The van der Waals surface area contributed by atoms with E-state index < -0.39 is 0 Å². The van der Waals surface area contributed by atoms with Gasteiger partial charge in [-0.25, -0.2) is 0 Å². The molecule has 0 heterocycles. The SMILES string of the molecule is C=C(CCCCCCCC(CCCCCC)C(C)C)CC(C)C. The molecule has 0 heteroatoms. The highest BCUT2D eigenvalue weighted by atomic mass is 14.2. The lowest BCUT2D eigenvalue weighted by Gasteiger charge is -2.20. The van der Waals surface area contributed by atoms with Crippen molar-refractivity contribution in [1.82, 2.24) is 0 Å². The molecule has 0 aliphatic heterocycles. The first-order valence-corrected chi connectivity index (χ1v) is 10.6. The van der Waals surface area contributed by atoms with E-state index in [1.807, 2.05) is 0 Å². The summed E-state index contributed by atoms with van der Waals surface area (Å²) in [4.78, 5) is 0. The number of unbranched alkanes of at least 4 members (excludes halogenated alkanes) is 7. The third-order valence-corrected chi connectivity index (χ3v) is 5.17. The summed E-state index contributed by atoms with van der Waals surface area (Å²) in [6.07, 6.45) is 18.1. The van der Waals surface area contributed by atoms with Crippen LogP contribution in [0.4, 0.5) is 0 Å². The number of allylic oxidation sites excluding steroid dienone is 1. The highest BCUT2D eigenvalue weighted by Crippen LogP contribution is 2.25. The van der Waals surface area contributed by atoms with E-state index in [2.05, 4.69) is 41.2 Å². The molecule has 0 spiro atoms. The number of rotatable bonds is 16. The molecule has 0 saturated heterocycles. The van der Waals surface area contributed by atoms with Gasteiger partial charge in [0, 0.05) is 0 Å². The van der Waals surface area contributed by atoms with Crippen LogP contribution in [0.15, 0.2) is 12.2 Å². The van der Waals surface area contributed by atoms with Gasteiger partial charge >= 0.3 is 0 Å². The summed E-state index contributed by atoms with van der Waals surface area (Å²) in [6, 6.07) is 0. The van der Waals surface area contributed by atoms with Crippen LogP contribution in [-0.2, 0) is 0 Å². The fourth-order valence-corrected chi connectivity index (χ4v) is 3.64. The Hall–Kier alpha value is -0.260. The van der Waals surface area contributed by atoms with E-state index in [0.717, 1.165) is 17.8 Å². The van der Waals surface area contributed by atoms with Gasteiger partial charge < -0.3 is 0 Å². The smallest absolute Gasteiger partial charge is 0.0300 e. The van der Waals surface area contributed by atoms with E-state index in [1.165, 1.54) is 89.0 Å². The topological polar surface area (TPSA) is 0 Å². The van der Waals surface area contributed by atoms with E-state index in [-0.39, 0.29) is 0 Å². The average Bonchev–Trinajstić information content (AvgIpc) is 2.47. The normalized spacial score (nSPS) is 13.0. The summed E-state index contributed by atoms with van der Waals surface area (Å²) in [5.74, 6) is 2.61. The van der Waals surface area contributed by atoms with Gasteiger partial charge in [0.1, 0.15) is 0 Å². The van der Waals surface area contributed by atoms with Crippen LogP contribution in [-0.4, -0.2) is 0 Å². The van der Waals surface area contributed by atoms with Gasteiger partial charge in [-0.2, -0.15) is 0 Å². The summed E-state index contributed by atoms with van der Waals surface area (Å²) in [6.45, 7) is 15.9. The average molecular weight is 323 g/mol. The first kappa shape index (κ1) is 22.7. The van der Waals surface area contributed by atoms with Crippen molar-refractivity contribution in [2.75, 3.05) is 0 Å². The van der Waals surface area contributed by atoms with Crippen LogP contribution >= 0.6 is 0 Å². The van der Waals surface area contributed by atoms with Gasteiger partial charge in [0.2, 0.25) is 0 Å². The third-order valence-electron chi connectivity index (χ3n) is 5.17. The fraction of sp³-hybridized carbons (Fsp3) is 0.913. The second-order valence-electron chi connectivity index (χ2n) is 8.51. The molecule has 0 radical (unpaired) electrons. The molecule has 0 amide bonds. The maximum absolute atomic E-state index is 4.21. The molecule has 0 nitrogen and oxygen atoms in total. The van der Waals surface area contributed by atoms with Crippen molar-refractivity contribution in [1.29, 1.82) is 0 Å². The molecule has 138 valence electrons. The zero-order valence-electron chi connectivity index (χ0n) is 17.1. The van der Waals surface area contributed by atoms with Crippen LogP contribution in [0.2, 0.25) is 0 Å². The van der Waals surface area contributed by atoms with Gasteiger partial charge in [0.15, 0.2) is 0 Å². The molecule has 0 saturated carbocycles. The Bertz CT molecular complexity index is 261. The zero-order valence-corrected chi connectivity index (χ0v) is 17.1. The minimum atomic E-state index is 0.771. The van der Waals surface area contributed by atoms with Crippen LogP contribution in [0.25, 0.3) is 0 Å². The Morgan fingerprint density at radius 2 is 1.26 bits per heavy atom. The highest BCUT2D eigenvalue weighted by molar-refractivity contribution is 4.94. The van der Waals surface area contributed by atoms with E-state index >= 15 is 0 Å². The largest absolute Gasteiger partial charge is 0.0999 e. The molecule has 23 heavy (non-hydrogen) atoms. The van der Waals surface area contributed by atoms with Crippen molar-refractivity contribution < 1.29 is 0 Å². The Balaban J connectivity index is 3.57. The van der Waals surface area contributed by atoms with Gasteiger partial charge in [0.05, 0.1) is 0 Å². The lowest BCUT2D eigenvalue weighted by atomic mass is 9.85. The molecule has 0 aliphatic carbocycles.